The van der Waals surface area contributed by atoms with Crippen LogP contribution in [0, 0.1) is 6.92 Å². The Labute approximate surface area is 139 Å². The molecule has 112 valence electrons. The molecule has 0 unspecified atom stereocenters. The molecular formula is C14H12BrN5OS. The second-order valence-corrected chi connectivity index (χ2v) is 6.45. The van der Waals surface area contributed by atoms with E-state index in [0.29, 0.717) is 6.54 Å². The lowest BCUT2D eigenvalue weighted by atomic mass is 10.3. The first-order valence-electron chi connectivity index (χ1n) is 6.49. The van der Waals surface area contributed by atoms with Crippen molar-refractivity contribution in [2.24, 2.45) is 0 Å². The average molecular weight is 378 g/mol. The van der Waals surface area contributed by atoms with Crippen molar-refractivity contribution in [1.82, 2.24) is 25.3 Å². The summed E-state index contributed by atoms with van der Waals surface area (Å²) in [6, 6.07) is 7.58. The van der Waals surface area contributed by atoms with Gasteiger partial charge in [-0.3, -0.25) is 4.79 Å². The highest BCUT2D eigenvalue weighted by atomic mass is 79.9. The van der Waals surface area contributed by atoms with E-state index in [2.05, 4.69) is 36.5 Å². The van der Waals surface area contributed by atoms with Crippen LogP contribution in [0.2, 0.25) is 0 Å². The first kappa shape index (κ1) is 14.9. The number of carbonyl (C=O) groups excluding carboxylic acids is 1. The van der Waals surface area contributed by atoms with Crippen molar-refractivity contribution in [1.29, 1.82) is 0 Å². The maximum atomic E-state index is 12.1. The first-order chi connectivity index (χ1) is 10.6. The Balaban J connectivity index is 1.67. The molecule has 0 saturated heterocycles. The van der Waals surface area contributed by atoms with Gasteiger partial charge in [0.1, 0.15) is 5.01 Å². The zero-order valence-corrected chi connectivity index (χ0v) is 14.1. The van der Waals surface area contributed by atoms with Crippen LogP contribution < -0.4 is 5.32 Å². The Kier molecular flexibility index (Phi) is 4.30. The number of carbonyl (C=O) groups is 1. The lowest BCUT2D eigenvalue weighted by molar-refractivity contribution is 0.0946. The third kappa shape index (κ3) is 3.40. The molecule has 0 bridgehead atoms. The normalized spacial score (nSPS) is 10.6. The number of benzene rings is 1. The molecule has 8 heteroatoms. The van der Waals surface area contributed by atoms with Gasteiger partial charge < -0.3 is 5.32 Å². The fourth-order valence-corrected chi connectivity index (χ4v) is 2.79. The number of nitrogens with one attached hydrogen (secondary N) is 1. The fraction of sp³-hybridized carbons (Fsp3) is 0.143. The van der Waals surface area contributed by atoms with Gasteiger partial charge >= 0.3 is 0 Å². The standard InChI is InChI=1S/C14H12BrN5OS/c1-9-8-22-13(17-9)6-16-14(21)12-7-20(19-18-12)11-4-2-10(15)3-5-11/h2-5,7-8H,6H2,1H3,(H,16,21). The summed E-state index contributed by atoms with van der Waals surface area (Å²) in [6.07, 6.45) is 1.60. The number of rotatable bonds is 4. The number of hydrogen-bond acceptors (Lipinski definition) is 5. The molecule has 3 aromatic rings. The van der Waals surface area contributed by atoms with Crippen LogP contribution in [0.5, 0.6) is 0 Å². The van der Waals surface area contributed by atoms with Gasteiger partial charge in [-0.15, -0.1) is 16.4 Å². The van der Waals surface area contributed by atoms with Crippen LogP contribution in [-0.2, 0) is 6.54 Å². The molecule has 0 aliphatic carbocycles. The van der Waals surface area contributed by atoms with E-state index in [1.165, 1.54) is 11.3 Å². The van der Waals surface area contributed by atoms with Crippen molar-refractivity contribution < 1.29 is 4.79 Å². The molecule has 1 amide bonds. The van der Waals surface area contributed by atoms with E-state index in [-0.39, 0.29) is 11.6 Å². The van der Waals surface area contributed by atoms with Gasteiger partial charge in [-0.1, -0.05) is 21.1 Å². The minimum Gasteiger partial charge on any atom is -0.344 e. The molecular weight excluding hydrogens is 366 g/mol. The van der Waals surface area contributed by atoms with Gasteiger partial charge in [-0.05, 0) is 31.2 Å². The molecule has 2 aromatic heterocycles. The van der Waals surface area contributed by atoms with Gasteiger partial charge in [0.2, 0.25) is 0 Å². The molecule has 0 spiro atoms. The summed E-state index contributed by atoms with van der Waals surface area (Å²) in [6.45, 7) is 2.31. The van der Waals surface area contributed by atoms with Crippen LogP contribution in [0.1, 0.15) is 21.2 Å². The highest BCUT2D eigenvalue weighted by molar-refractivity contribution is 9.10. The van der Waals surface area contributed by atoms with Gasteiger partial charge in [0, 0.05) is 15.5 Å². The number of hydrogen-bond donors (Lipinski definition) is 1. The zero-order valence-electron chi connectivity index (χ0n) is 11.7. The summed E-state index contributed by atoms with van der Waals surface area (Å²) in [7, 11) is 0. The SMILES string of the molecule is Cc1csc(CNC(=O)c2cn(-c3ccc(Br)cc3)nn2)n1. The molecule has 1 N–H and O–H groups in total. The highest BCUT2D eigenvalue weighted by Gasteiger charge is 2.12. The number of aryl methyl sites for hydroxylation is 1. The second-order valence-electron chi connectivity index (χ2n) is 4.59. The van der Waals surface area contributed by atoms with Crippen molar-refractivity contribution >= 4 is 33.2 Å². The van der Waals surface area contributed by atoms with Gasteiger partial charge in [0.25, 0.3) is 5.91 Å². The molecule has 0 fully saturated rings. The second kappa shape index (κ2) is 6.37. The molecule has 2 heterocycles. The van der Waals surface area contributed by atoms with Crippen LogP contribution in [0.4, 0.5) is 0 Å². The number of nitrogens with zero attached hydrogens (tertiary/aromatic N) is 4. The maximum absolute atomic E-state index is 12.1. The molecule has 0 radical (unpaired) electrons. The molecule has 0 atom stereocenters. The summed E-state index contributed by atoms with van der Waals surface area (Å²) in [5, 5.41) is 13.5. The Morgan fingerprint density at radius 2 is 2.14 bits per heavy atom. The highest BCUT2D eigenvalue weighted by Crippen LogP contribution is 2.13. The molecule has 3 rings (SSSR count). The fourth-order valence-electron chi connectivity index (χ4n) is 1.82. The van der Waals surface area contributed by atoms with Crippen molar-refractivity contribution in [3.05, 3.63) is 56.7 Å². The Morgan fingerprint density at radius 1 is 1.36 bits per heavy atom. The van der Waals surface area contributed by atoms with Crippen molar-refractivity contribution in [2.75, 3.05) is 0 Å². The molecule has 22 heavy (non-hydrogen) atoms. The lowest BCUT2D eigenvalue weighted by Gasteiger charge is -2.00. The monoisotopic (exact) mass is 377 g/mol. The zero-order chi connectivity index (χ0) is 15.5. The van der Waals surface area contributed by atoms with Gasteiger partial charge in [0.15, 0.2) is 5.69 Å². The number of halogens is 1. The smallest absolute Gasteiger partial charge is 0.273 e. The van der Waals surface area contributed by atoms with Crippen LogP contribution in [0.15, 0.2) is 40.3 Å². The van der Waals surface area contributed by atoms with E-state index in [4.69, 9.17) is 0 Å². The first-order valence-corrected chi connectivity index (χ1v) is 8.16. The minimum atomic E-state index is -0.267. The van der Waals surface area contributed by atoms with Crippen molar-refractivity contribution in [2.45, 2.75) is 13.5 Å². The average Bonchev–Trinajstić information content (AvgIpc) is 3.15. The lowest BCUT2D eigenvalue weighted by Crippen LogP contribution is -2.23. The van der Waals surface area contributed by atoms with E-state index in [1.807, 2.05) is 36.6 Å². The van der Waals surface area contributed by atoms with Crippen molar-refractivity contribution in [3.63, 3.8) is 0 Å². The van der Waals surface area contributed by atoms with Crippen LogP contribution in [-0.4, -0.2) is 25.9 Å². The predicted octanol–water partition coefficient (Wildman–Crippen LogP) is 2.72. The van der Waals surface area contributed by atoms with E-state index < -0.39 is 0 Å². The summed E-state index contributed by atoms with van der Waals surface area (Å²) in [4.78, 5) is 16.4. The third-order valence-electron chi connectivity index (χ3n) is 2.88. The van der Waals surface area contributed by atoms with Crippen LogP contribution in [0.3, 0.4) is 0 Å². The van der Waals surface area contributed by atoms with Crippen molar-refractivity contribution in [3.8, 4) is 5.69 Å². The summed E-state index contributed by atoms with van der Waals surface area (Å²) in [5.41, 5.74) is 2.07. The molecule has 1 aromatic carbocycles. The molecule has 0 aliphatic heterocycles. The number of thiazole rings is 1. The maximum Gasteiger partial charge on any atom is 0.273 e. The minimum absolute atomic E-state index is 0.267. The van der Waals surface area contributed by atoms with Gasteiger partial charge in [0.05, 0.1) is 18.4 Å². The third-order valence-corrected chi connectivity index (χ3v) is 4.38. The predicted molar refractivity (Wildman–Crippen MR) is 87.1 cm³/mol. The molecule has 0 saturated carbocycles. The van der Waals surface area contributed by atoms with E-state index in [9.17, 15) is 4.79 Å². The Hall–Kier alpha value is -2.06. The van der Waals surface area contributed by atoms with Gasteiger partial charge in [-0.2, -0.15) is 0 Å². The molecule has 0 aliphatic rings. The van der Waals surface area contributed by atoms with E-state index in [0.717, 1.165) is 20.9 Å². The Morgan fingerprint density at radius 3 is 2.82 bits per heavy atom. The largest absolute Gasteiger partial charge is 0.344 e. The quantitative estimate of drug-likeness (QED) is 0.758. The summed E-state index contributed by atoms with van der Waals surface area (Å²) < 4.78 is 2.54. The topological polar surface area (TPSA) is 72.7 Å². The molecule has 6 nitrogen and oxygen atoms in total. The Bertz CT molecular complexity index is 796. The van der Waals surface area contributed by atoms with E-state index in [1.54, 1.807) is 10.9 Å². The van der Waals surface area contributed by atoms with Crippen LogP contribution in [0.25, 0.3) is 5.69 Å². The van der Waals surface area contributed by atoms with Crippen LogP contribution >= 0.6 is 27.3 Å². The summed E-state index contributed by atoms with van der Waals surface area (Å²) in [5.74, 6) is -0.267. The number of amides is 1. The summed E-state index contributed by atoms with van der Waals surface area (Å²) >= 11 is 4.90. The number of aromatic nitrogens is 4. The van der Waals surface area contributed by atoms with E-state index >= 15 is 0 Å². The van der Waals surface area contributed by atoms with Gasteiger partial charge in [-0.25, -0.2) is 9.67 Å².